The molecule has 31 heavy (non-hydrogen) atoms. The molecule has 1 fully saturated rings. The number of anilines is 3. The monoisotopic (exact) mass is 454 g/mol. The van der Waals surface area contributed by atoms with Crippen molar-refractivity contribution in [3.8, 4) is 11.3 Å². The Hall–Kier alpha value is -2.94. The highest BCUT2D eigenvalue weighted by atomic mass is 35.5. The van der Waals surface area contributed by atoms with E-state index in [0.29, 0.717) is 27.5 Å². The van der Waals surface area contributed by atoms with Gasteiger partial charge in [-0.15, -0.1) is 0 Å². The summed E-state index contributed by atoms with van der Waals surface area (Å²) in [4.78, 5) is 15.8. The molecule has 1 aliphatic heterocycles. The van der Waals surface area contributed by atoms with Crippen LogP contribution in [0.15, 0.2) is 42.9 Å². The maximum absolute atomic E-state index is 6.43. The summed E-state index contributed by atoms with van der Waals surface area (Å²) in [7, 11) is 0. The van der Waals surface area contributed by atoms with E-state index in [1.54, 1.807) is 16.9 Å². The number of nitrogens with one attached hydrogen (secondary N) is 2. The third kappa shape index (κ3) is 3.89. The first-order valence-electron chi connectivity index (χ1n) is 9.94. The van der Waals surface area contributed by atoms with Crippen LogP contribution in [0.5, 0.6) is 0 Å². The highest BCUT2D eigenvalue weighted by Gasteiger charge is 2.16. The molecular formula is C21H20Cl2N8. The summed E-state index contributed by atoms with van der Waals surface area (Å²) in [5.41, 5.74) is 4.21. The molecule has 0 spiro atoms. The van der Waals surface area contributed by atoms with Gasteiger partial charge in [0.1, 0.15) is 5.82 Å². The number of nitrogens with zero attached hydrogens (tertiary/aromatic N) is 6. The Kier molecular flexibility index (Phi) is 5.35. The fourth-order valence-electron chi connectivity index (χ4n) is 3.64. The summed E-state index contributed by atoms with van der Waals surface area (Å²) in [5, 5.41) is 12.0. The van der Waals surface area contributed by atoms with Gasteiger partial charge in [-0.25, -0.2) is 19.5 Å². The molecule has 2 N–H and O–H groups in total. The summed E-state index contributed by atoms with van der Waals surface area (Å²) in [5.74, 6) is 1.07. The van der Waals surface area contributed by atoms with Crippen LogP contribution >= 0.6 is 23.2 Å². The highest BCUT2D eigenvalue weighted by molar-refractivity contribution is 6.33. The maximum atomic E-state index is 6.43. The zero-order valence-corrected chi connectivity index (χ0v) is 18.3. The molecule has 10 heteroatoms. The zero-order chi connectivity index (χ0) is 21.4. The van der Waals surface area contributed by atoms with Crippen LogP contribution in [-0.2, 0) is 0 Å². The average Bonchev–Trinajstić information content (AvgIpc) is 3.23. The zero-order valence-electron chi connectivity index (χ0n) is 16.8. The van der Waals surface area contributed by atoms with E-state index >= 15 is 0 Å². The van der Waals surface area contributed by atoms with Crippen LogP contribution in [0, 0.1) is 6.92 Å². The van der Waals surface area contributed by atoms with Crippen molar-refractivity contribution in [2.75, 3.05) is 36.4 Å². The first kappa shape index (κ1) is 20.0. The summed E-state index contributed by atoms with van der Waals surface area (Å²) >= 11 is 12.6. The minimum atomic E-state index is 0.409. The molecule has 0 unspecified atom stereocenters. The highest BCUT2D eigenvalue weighted by Crippen LogP contribution is 2.31. The molecule has 0 bridgehead atoms. The molecule has 158 valence electrons. The van der Waals surface area contributed by atoms with Crippen molar-refractivity contribution in [2.24, 2.45) is 0 Å². The maximum Gasteiger partial charge on any atom is 0.228 e. The first-order valence-corrected chi connectivity index (χ1v) is 10.7. The van der Waals surface area contributed by atoms with Crippen LogP contribution in [-0.4, -0.2) is 50.7 Å². The van der Waals surface area contributed by atoms with Gasteiger partial charge in [0.2, 0.25) is 5.95 Å². The van der Waals surface area contributed by atoms with Gasteiger partial charge in [0.15, 0.2) is 0 Å². The quantitative estimate of drug-likeness (QED) is 0.482. The second-order valence-corrected chi connectivity index (χ2v) is 8.09. The number of halogens is 2. The van der Waals surface area contributed by atoms with Gasteiger partial charge in [0, 0.05) is 31.7 Å². The Balaban J connectivity index is 1.42. The van der Waals surface area contributed by atoms with E-state index in [1.165, 1.54) is 0 Å². The fourth-order valence-corrected chi connectivity index (χ4v) is 3.98. The Labute approximate surface area is 189 Å². The number of pyridine rings is 2. The Morgan fingerprint density at radius 1 is 0.968 bits per heavy atom. The number of aryl methyl sites for hydroxylation is 1. The van der Waals surface area contributed by atoms with E-state index < -0.39 is 0 Å². The van der Waals surface area contributed by atoms with Crippen LogP contribution in [0.4, 0.5) is 17.5 Å². The SMILES string of the molecule is Cc1c(Cl)ccc2c(-c3nc(Nc4ccc(N5CCNCC5)cn4)ncc3Cl)cnn12. The van der Waals surface area contributed by atoms with Crippen LogP contribution < -0.4 is 15.5 Å². The van der Waals surface area contributed by atoms with Crippen molar-refractivity contribution in [2.45, 2.75) is 6.92 Å². The Bertz CT molecular complexity index is 1230. The third-order valence-electron chi connectivity index (χ3n) is 5.33. The normalized spacial score (nSPS) is 14.2. The fraction of sp³-hybridized carbons (Fsp3) is 0.238. The molecule has 1 aliphatic rings. The molecule has 5 heterocycles. The van der Waals surface area contributed by atoms with Crippen LogP contribution in [0.3, 0.4) is 0 Å². The predicted molar refractivity (Wildman–Crippen MR) is 124 cm³/mol. The van der Waals surface area contributed by atoms with E-state index in [9.17, 15) is 0 Å². The number of piperazine rings is 1. The van der Waals surface area contributed by atoms with E-state index in [1.807, 2.05) is 31.3 Å². The lowest BCUT2D eigenvalue weighted by molar-refractivity contribution is 0.589. The van der Waals surface area contributed by atoms with Gasteiger partial charge in [-0.3, -0.25) is 0 Å². The van der Waals surface area contributed by atoms with Gasteiger partial charge < -0.3 is 15.5 Å². The van der Waals surface area contributed by atoms with E-state index in [-0.39, 0.29) is 0 Å². The van der Waals surface area contributed by atoms with Gasteiger partial charge in [0.05, 0.1) is 51.2 Å². The minimum absolute atomic E-state index is 0.409. The second kappa shape index (κ2) is 8.30. The van der Waals surface area contributed by atoms with E-state index in [0.717, 1.165) is 48.6 Å². The molecule has 4 aromatic rings. The molecule has 4 aromatic heterocycles. The van der Waals surface area contributed by atoms with Crippen molar-refractivity contribution in [1.29, 1.82) is 0 Å². The van der Waals surface area contributed by atoms with Gasteiger partial charge in [-0.05, 0) is 31.2 Å². The lowest BCUT2D eigenvalue weighted by Crippen LogP contribution is -2.43. The van der Waals surface area contributed by atoms with E-state index in [2.05, 4.69) is 41.7 Å². The standard InChI is InChI=1S/C21H20Cl2N8/c1-13-16(22)3-4-18-15(11-27-31(13)18)20-17(23)12-26-21(29-20)28-19-5-2-14(10-25-19)30-8-6-24-7-9-30/h2-5,10-12,24H,6-9H2,1H3,(H,25,26,28,29). The molecule has 0 aliphatic carbocycles. The number of fused-ring (bicyclic) bond motifs is 1. The van der Waals surface area contributed by atoms with Gasteiger partial charge in [0.25, 0.3) is 0 Å². The largest absolute Gasteiger partial charge is 0.368 e. The molecule has 0 amide bonds. The molecular weight excluding hydrogens is 435 g/mol. The summed E-state index contributed by atoms with van der Waals surface area (Å²) < 4.78 is 1.78. The number of aromatic nitrogens is 5. The van der Waals surface area contributed by atoms with E-state index in [4.69, 9.17) is 23.2 Å². The van der Waals surface area contributed by atoms with Gasteiger partial charge in [-0.2, -0.15) is 5.10 Å². The Morgan fingerprint density at radius 2 is 1.81 bits per heavy atom. The smallest absolute Gasteiger partial charge is 0.228 e. The molecule has 5 rings (SSSR count). The lowest BCUT2D eigenvalue weighted by atomic mass is 10.2. The number of rotatable bonds is 4. The number of hydrogen-bond acceptors (Lipinski definition) is 7. The molecule has 0 aromatic carbocycles. The molecule has 8 nitrogen and oxygen atoms in total. The van der Waals surface area contributed by atoms with Crippen molar-refractivity contribution in [3.05, 3.63) is 58.6 Å². The number of hydrogen-bond donors (Lipinski definition) is 2. The predicted octanol–water partition coefficient (Wildman–Crippen LogP) is 3.95. The molecule has 1 saturated heterocycles. The summed E-state index contributed by atoms with van der Waals surface area (Å²) in [6.07, 6.45) is 5.17. The Morgan fingerprint density at radius 3 is 2.58 bits per heavy atom. The summed E-state index contributed by atoms with van der Waals surface area (Å²) in [6, 6.07) is 7.72. The van der Waals surface area contributed by atoms with Crippen molar-refractivity contribution < 1.29 is 0 Å². The van der Waals surface area contributed by atoms with Crippen molar-refractivity contribution in [1.82, 2.24) is 29.9 Å². The van der Waals surface area contributed by atoms with Crippen LogP contribution in [0.2, 0.25) is 10.0 Å². The molecule has 0 radical (unpaired) electrons. The second-order valence-electron chi connectivity index (χ2n) is 7.28. The first-order chi connectivity index (χ1) is 15.1. The third-order valence-corrected chi connectivity index (χ3v) is 6.00. The van der Waals surface area contributed by atoms with Gasteiger partial charge >= 0.3 is 0 Å². The average molecular weight is 455 g/mol. The van der Waals surface area contributed by atoms with Gasteiger partial charge in [-0.1, -0.05) is 23.2 Å². The lowest BCUT2D eigenvalue weighted by Gasteiger charge is -2.29. The van der Waals surface area contributed by atoms with Crippen molar-refractivity contribution >= 4 is 46.2 Å². The topological polar surface area (TPSA) is 83.3 Å². The molecule has 0 atom stereocenters. The molecule has 0 saturated carbocycles. The van der Waals surface area contributed by atoms with Crippen LogP contribution in [0.25, 0.3) is 16.8 Å². The van der Waals surface area contributed by atoms with Crippen LogP contribution in [0.1, 0.15) is 5.69 Å². The minimum Gasteiger partial charge on any atom is -0.368 e. The van der Waals surface area contributed by atoms with Crippen molar-refractivity contribution in [3.63, 3.8) is 0 Å². The summed E-state index contributed by atoms with van der Waals surface area (Å²) in [6.45, 7) is 5.83.